The van der Waals surface area contributed by atoms with Crippen molar-refractivity contribution in [1.29, 1.82) is 0 Å². The number of benzene rings is 1. The zero-order chi connectivity index (χ0) is 16.2. The fourth-order valence-corrected chi connectivity index (χ4v) is 4.03. The third-order valence-corrected chi connectivity index (χ3v) is 5.15. The normalized spacial score (nSPS) is 22.0. The van der Waals surface area contributed by atoms with E-state index in [4.69, 9.17) is 0 Å². The van der Waals surface area contributed by atoms with Crippen molar-refractivity contribution >= 4 is 5.69 Å². The van der Waals surface area contributed by atoms with Gasteiger partial charge in [-0.05, 0) is 24.8 Å². The predicted molar refractivity (Wildman–Crippen MR) is 86.8 cm³/mol. The van der Waals surface area contributed by atoms with E-state index in [0.29, 0.717) is 11.5 Å². The lowest BCUT2D eigenvalue weighted by Crippen LogP contribution is -2.47. The summed E-state index contributed by atoms with van der Waals surface area (Å²) in [7, 11) is 0. The van der Waals surface area contributed by atoms with E-state index < -0.39 is 4.92 Å². The molecule has 23 heavy (non-hydrogen) atoms. The van der Waals surface area contributed by atoms with Crippen LogP contribution in [-0.4, -0.2) is 36.0 Å². The molecule has 1 aromatic rings. The van der Waals surface area contributed by atoms with Crippen LogP contribution in [0.4, 0.5) is 10.1 Å². The molecule has 1 heterocycles. The van der Waals surface area contributed by atoms with Gasteiger partial charge in [0.1, 0.15) is 5.82 Å². The Labute approximate surface area is 136 Å². The Kier molecular flexibility index (Phi) is 5.23. The number of hydrogen-bond donors (Lipinski definition) is 1. The molecule has 1 saturated heterocycles. The van der Waals surface area contributed by atoms with Gasteiger partial charge in [-0.15, -0.1) is 0 Å². The summed E-state index contributed by atoms with van der Waals surface area (Å²) in [4.78, 5) is 13.0. The number of nitro benzene ring substituents is 1. The average Bonchev–Trinajstić information content (AvgIpc) is 2.58. The van der Waals surface area contributed by atoms with E-state index in [1.54, 1.807) is 0 Å². The number of non-ortho nitro benzene ring substituents is 1. The first-order valence-electron chi connectivity index (χ1n) is 8.55. The molecule has 0 amide bonds. The fraction of sp³-hybridized carbons (Fsp3) is 0.647. The number of piperazine rings is 1. The minimum absolute atomic E-state index is 0.0163. The molecule has 0 aromatic heterocycles. The van der Waals surface area contributed by atoms with E-state index in [0.717, 1.165) is 39.0 Å². The molecule has 126 valence electrons. The van der Waals surface area contributed by atoms with Gasteiger partial charge < -0.3 is 5.32 Å². The summed E-state index contributed by atoms with van der Waals surface area (Å²) in [6.45, 7) is 3.51. The third kappa shape index (κ3) is 3.70. The highest BCUT2D eigenvalue weighted by atomic mass is 19.1. The van der Waals surface area contributed by atoms with Gasteiger partial charge in [0.05, 0.1) is 4.92 Å². The van der Waals surface area contributed by atoms with Crippen molar-refractivity contribution in [3.05, 3.63) is 39.7 Å². The monoisotopic (exact) mass is 321 g/mol. The molecule has 1 aliphatic carbocycles. The van der Waals surface area contributed by atoms with E-state index in [2.05, 4.69) is 10.2 Å². The Hall–Kier alpha value is -1.53. The maximum atomic E-state index is 14.5. The van der Waals surface area contributed by atoms with Crippen LogP contribution in [0.15, 0.2) is 18.2 Å². The Bertz CT molecular complexity index is 537. The number of hydrogen-bond acceptors (Lipinski definition) is 4. The first kappa shape index (κ1) is 16.3. The van der Waals surface area contributed by atoms with Crippen LogP contribution in [0, 0.1) is 21.8 Å². The summed E-state index contributed by atoms with van der Waals surface area (Å²) in [6.07, 6.45) is 5.74. The molecule has 2 aliphatic rings. The van der Waals surface area contributed by atoms with E-state index in [1.807, 2.05) is 0 Å². The summed E-state index contributed by atoms with van der Waals surface area (Å²) >= 11 is 0. The standard InChI is InChI=1S/C17H24FN3O2/c18-16-7-6-14(21(22)23)12-15(16)17(13-4-2-1-3-5-13)20-10-8-19-9-11-20/h6-7,12-13,17,19H,1-5,8-11H2/t17-/m0/s1. The molecule has 2 fully saturated rings. The van der Waals surface area contributed by atoms with Gasteiger partial charge in [0.25, 0.3) is 5.69 Å². The minimum Gasteiger partial charge on any atom is -0.314 e. The number of nitro groups is 1. The summed E-state index contributed by atoms with van der Waals surface area (Å²) in [6, 6.07) is 3.92. The topological polar surface area (TPSA) is 58.4 Å². The number of rotatable bonds is 4. The molecule has 1 aliphatic heterocycles. The van der Waals surface area contributed by atoms with Crippen molar-refractivity contribution in [1.82, 2.24) is 10.2 Å². The quantitative estimate of drug-likeness (QED) is 0.683. The number of nitrogens with zero attached hydrogens (tertiary/aromatic N) is 2. The molecule has 6 heteroatoms. The second kappa shape index (κ2) is 7.36. The molecular formula is C17H24FN3O2. The van der Waals surface area contributed by atoms with Crippen molar-refractivity contribution < 1.29 is 9.31 Å². The zero-order valence-electron chi connectivity index (χ0n) is 13.3. The van der Waals surface area contributed by atoms with Gasteiger partial charge in [0.15, 0.2) is 0 Å². The molecule has 1 N–H and O–H groups in total. The van der Waals surface area contributed by atoms with Crippen LogP contribution in [0.2, 0.25) is 0 Å². The SMILES string of the molecule is O=[N+]([O-])c1ccc(F)c([C@H](C2CCCCC2)N2CCNCC2)c1. The third-order valence-electron chi connectivity index (χ3n) is 5.15. The van der Waals surface area contributed by atoms with Crippen LogP contribution in [0.3, 0.4) is 0 Å². The van der Waals surface area contributed by atoms with E-state index >= 15 is 0 Å². The summed E-state index contributed by atoms with van der Waals surface area (Å²) < 4.78 is 14.5. The molecule has 0 radical (unpaired) electrons. The van der Waals surface area contributed by atoms with Crippen LogP contribution in [-0.2, 0) is 0 Å². The zero-order valence-corrected chi connectivity index (χ0v) is 13.3. The molecule has 0 spiro atoms. The minimum atomic E-state index is -0.432. The highest BCUT2D eigenvalue weighted by Crippen LogP contribution is 2.40. The van der Waals surface area contributed by atoms with Gasteiger partial charge in [0, 0.05) is 49.9 Å². The Morgan fingerprint density at radius 2 is 1.91 bits per heavy atom. The van der Waals surface area contributed by atoms with Crippen molar-refractivity contribution in [2.75, 3.05) is 26.2 Å². The highest BCUT2D eigenvalue weighted by Gasteiger charge is 2.33. The van der Waals surface area contributed by atoms with Gasteiger partial charge >= 0.3 is 0 Å². The van der Waals surface area contributed by atoms with Gasteiger partial charge in [-0.25, -0.2) is 4.39 Å². The second-order valence-electron chi connectivity index (χ2n) is 6.59. The van der Waals surface area contributed by atoms with Crippen LogP contribution in [0.25, 0.3) is 0 Å². The molecule has 5 nitrogen and oxygen atoms in total. The van der Waals surface area contributed by atoms with Crippen LogP contribution < -0.4 is 5.32 Å². The Morgan fingerprint density at radius 1 is 1.22 bits per heavy atom. The van der Waals surface area contributed by atoms with Crippen LogP contribution in [0.5, 0.6) is 0 Å². The fourth-order valence-electron chi connectivity index (χ4n) is 4.03. The van der Waals surface area contributed by atoms with Crippen molar-refractivity contribution in [3.63, 3.8) is 0 Å². The first-order valence-corrected chi connectivity index (χ1v) is 8.55. The highest BCUT2D eigenvalue weighted by molar-refractivity contribution is 5.37. The van der Waals surface area contributed by atoms with E-state index in [9.17, 15) is 14.5 Å². The van der Waals surface area contributed by atoms with Gasteiger partial charge in [0.2, 0.25) is 0 Å². The molecule has 1 aromatic carbocycles. The van der Waals surface area contributed by atoms with Gasteiger partial charge in [-0.1, -0.05) is 19.3 Å². The first-order chi connectivity index (χ1) is 11.2. The maximum Gasteiger partial charge on any atom is 0.269 e. The molecule has 1 atom stereocenters. The molecule has 0 unspecified atom stereocenters. The smallest absolute Gasteiger partial charge is 0.269 e. The van der Waals surface area contributed by atoms with E-state index in [-0.39, 0.29) is 17.5 Å². The average molecular weight is 321 g/mol. The second-order valence-corrected chi connectivity index (χ2v) is 6.59. The summed E-state index contributed by atoms with van der Waals surface area (Å²) in [5.41, 5.74) is 0.491. The van der Waals surface area contributed by atoms with Crippen molar-refractivity contribution in [2.24, 2.45) is 5.92 Å². The van der Waals surface area contributed by atoms with Gasteiger partial charge in [-0.2, -0.15) is 0 Å². The van der Waals surface area contributed by atoms with Crippen molar-refractivity contribution in [3.8, 4) is 0 Å². The largest absolute Gasteiger partial charge is 0.314 e. The Morgan fingerprint density at radius 3 is 2.57 bits per heavy atom. The Balaban J connectivity index is 1.96. The summed E-state index contributed by atoms with van der Waals surface area (Å²) in [5, 5.41) is 14.4. The van der Waals surface area contributed by atoms with Crippen LogP contribution in [0.1, 0.15) is 43.7 Å². The number of halogens is 1. The summed E-state index contributed by atoms with van der Waals surface area (Å²) in [5.74, 6) is 0.0723. The molecule has 0 bridgehead atoms. The lowest BCUT2D eigenvalue weighted by atomic mass is 9.80. The maximum absolute atomic E-state index is 14.5. The molecule has 1 saturated carbocycles. The predicted octanol–water partition coefficient (Wildman–Crippen LogP) is 3.26. The molecular weight excluding hydrogens is 297 g/mol. The van der Waals surface area contributed by atoms with Crippen LogP contribution >= 0.6 is 0 Å². The van der Waals surface area contributed by atoms with Gasteiger partial charge in [-0.3, -0.25) is 15.0 Å². The lowest BCUT2D eigenvalue weighted by Gasteiger charge is -2.41. The number of nitrogens with one attached hydrogen (secondary N) is 1. The molecule has 3 rings (SSSR count). The lowest BCUT2D eigenvalue weighted by molar-refractivity contribution is -0.385. The van der Waals surface area contributed by atoms with E-state index in [1.165, 1.54) is 37.5 Å². The van der Waals surface area contributed by atoms with Crippen molar-refractivity contribution in [2.45, 2.75) is 38.1 Å².